The van der Waals surface area contributed by atoms with Crippen LogP contribution < -0.4 is 0 Å². The smallest absolute Gasteiger partial charge is 0.225 e. The Balaban J connectivity index is 2.06. The van der Waals surface area contributed by atoms with Crippen LogP contribution in [0.5, 0.6) is 0 Å². The van der Waals surface area contributed by atoms with E-state index in [-0.39, 0.29) is 35.5 Å². The Morgan fingerprint density at radius 2 is 1.96 bits per heavy atom. The van der Waals surface area contributed by atoms with Gasteiger partial charge in [0.2, 0.25) is 15.9 Å². The molecule has 0 aliphatic carbocycles. The fraction of sp³-hybridized carbons (Fsp3) is 0.533. The number of amides is 1. The van der Waals surface area contributed by atoms with Gasteiger partial charge in [0, 0.05) is 43.7 Å². The lowest BCUT2D eigenvalue weighted by atomic mass is 9.97. The summed E-state index contributed by atoms with van der Waals surface area (Å²) in [5.41, 5.74) is -0.0133. The van der Waals surface area contributed by atoms with Gasteiger partial charge in [-0.05, 0) is 25.0 Å². The van der Waals surface area contributed by atoms with Crippen molar-refractivity contribution >= 4 is 27.5 Å². The number of carbonyl (C=O) groups is 1. The maximum atomic E-state index is 13.8. The standard InChI is InChI=1S/C15H20ClFN2O3S/c1-18(2)15(20)11-6-8-19(9-7-11)23(21,22)10-12-13(16)4-3-5-14(12)17/h3-5,11H,6-10H2,1-2H3. The van der Waals surface area contributed by atoms with Gasteiger partial charge in [0.1, 0.15) is 5.82 Å². The van der Waals surface area contributed by atoms with Gasteiger partial charge in [-0.1, -0.05) is 17.7 Å². The second kappa shape index (κ2) is 7.15. The van der Waals surface area contributed by atoms with E-state index < -0.39 is 21.6 Å². The molecule has 1 fully saturated rings. The molecule has 5 nitrogen and oxygen atoms in total. The lowest BCUT2D eigenvalue weighted by molar-refractivity contribution is -0.134. The molecule has 1 aliphatic rings. The number of halogens is 2. The summed E-state index contributed by atoms with van der Waals surface area (Å²) >= 11 is 5.90. The van der Waals surface area contributed by atoms with Crippen LogP contribution in [0, 0.1) is 11.7 Å². The summed E-state index contributed by atoms with van der Waals surface area (Å²) in [5, 5.41) is 0.103. The zero-order valence-electron chi connectivity index (χ0n) is 13.1. The molecule has 0 aromatic heterocycles. The highest BCUT2D eigenvalue weighted by Gasteiger charge is 2.32. The second-order valence-electron chi connectivity index (χ2n) is 5.86. The van der Waals surface area contributed by atoms with E-state index in [1.807, 2.05) is 0 Å². The average molecular weight is 363 g/mol. The van der Waals surface area contributed by atoms with Crippen molar-refractivity contribution in [3.63, 3.8) is 0 Å². The molecule has 1 aromatic carbocycles. The minimum Gasteiger partial charge on any atom is -0.349 e. The van der Waals surface area contributed by atoms with Gasteiger partial charge in [0.15, 0.2) is 0 Å². The van der Waals surface area contributed by atoms with Crippen molar-refractivity contribution in [1.29, 1.82) is 0 Å². The molecule has 1 amide bonds. The second-order valence-corrected chi connectivity index (χ2v) is 8.24. The summed E-state index contributed by atoms with van der Waals surface area (Å²) in [4.78, 5) is 13.4. The van der Waals surface area contributed by atoms with Crippen molar-refractivity contribution in [2.45, 2.75) is 18.6 Å². The fourth-order valence-electron chi connectivity index (χ4n) is 2.69. The van der Waals surface area contributed by atoms with Crippen LogP contribution in [0.15, 0.2) is 18.2 Å². The molecule has 1 aromatic rings. The van der Waals surface area contributed by atoms with E-state index in [2.05, 4.69) is 0 Å². The van der Waals surface area contributed by atoms with E-state index >= 15 is 0 Å². The molecule has 8 heteroatoms. The summed E-state index contributed by atoms with van der Waals surface area (Å²) < 4.78 is 40.1. The van der Waals surface area contributed by atoms with Gasteiger partial charge in [-0.15, -0.1) is 0 Å². The minimum absolute atomic E-state index is 0.0131. The van der Waals surface area contributed by atoms with Gasteiger partial charge in [0.25, 0.3) is 0 Å². The summed E-state index contributed by atoms with van der Waals surface area (Å²) in [5.74, 6) is -1.24. The molecular formula is C15H20ClFN2O3S. The zero-order chi connectivity index (χ0) is 17.2. The Bertz CT molecular complexity index is 666. The number of carbonyl (C=O) groups excluding carboxylic acids is 1. The Labute approximate surface area is 141 Å². The van der Waals surface area contributed by atoms with Crippen molar-refractivity contribution < 1.29 is 17.6 Å². The molecule has 0 unspecified atom stereocenters. The average Bonchev–Trinajstić information content (AvgIpc) is 2.50. The van der Waals surface area contributed by atoms with E-state index in [9.17, 15) is 17.6 Å². The van der Waals surface area contributed by atoms with Crippen LogP contribution >= 0.6 is 11.6 Å². The Hall–Kier alpha value is -1.18. The van der Waals surface area contributed by atoms with Crippen LogP contribution in [-0.4, -0.2) is 50.7 Å². The maximum Gasteiger partial charge on any atom is 0.225 e. The molecule has 0 radical (unpaired) electrons. The highest BCUT2D eigenvalue weighted by molar-refractivity contribution is 7.88. The highest BCUT2D eigenvalue weighted by Crippen LogP contribution is 2.26. The number of benzene rings is 1. The summed E-state index contributed by atoms with van der Waals surface area (Å²) in [7, 11) is -0.294. The summed E-state index contributed by atoms with van der Waals surface area (Å²) in [6, 6.07) is 4.10. The normalized spacial score (nSPS) is 17.2. The molecule has 128 valence electrons. The molecule has 0 spiro atoms. The van der Waals surface area contributed by atoms with E-state index in [0.717, 1.165) is 0 Å². The predicted molar refractivity (Wildman–Crippen MR) is 87.0 cm³/mol. The van der Waals surface area contributed by atoms with Crippen LogP contribution in [0.4, 0.5) is 4.39 Å². The molecule has 1 saturated heterocycles. The topological polar surface area (TPSA) is 57.7 Å². The maximum absolute atomic E-state index is 13.8. The van der Waals surface area contributed by atoms with Gasteiger partial charge in [-0.3, -0.25) is 4.79 Å². The first-order valence-electron chi connectivity index (χ1n) is 7.34. The SMILES string of the molecule is CN(C)C(=O)C1CCN(S(=O)(=O)Cc2c(F)cccc2Cl)CC1. The molecule has 0 saturated carbocycles. The third-order valence-electron chi connectivity index (χ3n) is 4.03. The van der Waals surface area contributed by atoms with Gasteiger partial charge in [-0.25, -0.2) is 17.1 Å². The van der Waals surface area contributed by atoms with Crippen molar-refractivity contribution in [2.24, 2.45) is 5.92 Å². The largest absolute Gasteiger partial charge is 0.349 e. The number of hydrogen-bond acceptors (Lipinski definition) is 3. The van der Waals surface area contributed by atoms with Crippen LogP contribution in [-0.2, 0) is 20.6 Å². The van der Waals surface area contributed by atoms with Gasteiger partial charge in [-0.2, -0.15) is 0 Å². The van der Waals surface area contributed by atoms with Crippen LogP contribution in [0.25, 0.3) is 0 Å². The number of hydrogen-bond donors (Lipinski definition) is 0. The van der Waals surface area contributed by atoms with Crippen molar-refractivity contribution in [3.05, 3.63) is 34.6 Å². The van der Waals surface area contributed by atoms with Crippen LogP contribution in [0.1, 0.15) is 18.4 Å². The molecule has 1 heterocycles. The summed E-state index contributed by atoms with van der Waals surface area (Å²) in [6.45, 7) is 0.525. The molecular weight excluding hydrogens is 343 g/mol. The first-order chi connectivity index (χ1) is 10.7. The Kier molecular flexibility index (Phi) is 5.65. The molecule has 0 atom stereocenters. The van der Waals surface area contributed by atoms with Gasteiger partial charge in [0.05, 0.1) is 5.75 Å². The lowest BCUT2D eigenvalue weighted by Gasteiger charge is -2.31. The fourth-order valence-corrected chi connectivity index (χ4v) is 4.61. The minimum atomic E-state index is -3.67. The van der Waals surface area contributed by atoms with E-state index in [4.69, 9.17) is 11.6 Å². The number of sulfonamides is 1. The molecule has 0 bridgehead atoms. The van der Waals surface area contributed by atoms with Gasteiger partial charge >= 0.3 is 0 Å². The van der Waals surface area contributed by atoms with E-state index in [1.165, 1.54) is 27.4 Å². The molecule has 0 N–H and O–H groups in total. The monoisotopic (exact) mass is 362 g/mol. The molecule has 23 heavy (non-hydrogen) atoms. The zero-order valence-corrected chi connectivity index (χ0v) is 14.7. The first kappa shape index (κ1) is 18.2. The quantitative estimate of drug-likeness (QED) is 0.824. The van der Waals surface area contributed by atoms with Crippen molar-refractivity contribution in [3.8, 4) is 0 Å². The third-order valence-corrected chi connectivity index (χ3v) is 6.19. The van der Waals surface area contributed by atoms with E-state index in [0.29, 0.717) is 12.8 Å². The number of piperidine rings is 1. The number of rotatable bonds is 4. The van der Waals surface area contributed by atoms with Crippen molar-refractivity contribution in [1.82, 2.24) is 9.21 Å². The first-order valence-corrected chi connectivity index (χ1v) is 9.33. The predicted octanol–water partition coefficient (Wildman–Crippen LogP) is 2.11. The Morgan fingerprint density at radius 1 is 1.35 bits per heavy atom. The van der Waals surface area contributed by atoms with Crippen molar-refractivity contribution in [2.75, 3.05) is 27.2 Å². The Morgan fingerprint density at radius 3 is 2.48 bits per heavy atom. The lowest BCUT2D eigenvalue weighted by Crippen LogP contribution is -2.43. The number of nitrogens with zero attached hydrogens (tertiary/aromatic N) is 2. The van der Waals surface area contributed by atoms with E-state index in [1.54, 1.807) is 14.1 Å². The van der Waals surface area contributed by atoms with Crippen LogP contribution in [0.3, 0.4) is 0 Å². The van der Waals surface area contributed by atoms with Crippen LogP contribution in [0.2, 0.25) is 5.02 Å². The third kappa shape index (κ3) is 4.22. The van der Waals surface area contributed by atoms with Gasteiger partial charge < -0.3 is 4.90 Å². The molecule has 2 rings (SSSR count). The highest BCUT2D eigenvalue weighted by atomic mass is 35.5. The summed E-state index contributed by atoms with van der Waals surface area (Å²) in [6.07, 6.45) is 0.947. The molecule has 1 aliphatic heterocycles.